The van der Waals surface area contributed by atoms with Gasteiger partial charge in [0.2, 0.25) is 5.91 Å². The topological polar surface area (TPSA) is 251 Å². The summed E-state index contributed by atoms with van der Waals surface area (Å²) in [6.07, 6.45) is -0.710. The lowest BCUT2D eigenvalue weighted by Gasteiger charge is -2.19. The fourth-order valence-electron chi connectivity index (χ4n) is 3.66. The third-order valence-electron chi connectivity index (χ3n) is 5.92. The van der Waals surface area contributed by atoms with Crippen molar-refractivity contribution >= 4 is 41.5 Å². The van der Waals surface area contributed by atoms with E-state index in [0.717, 1.165) is 0 Å². The lowest BCUT2D eigenvalue weighted by atomic mass is 10.3. The minimum atomic E-state index is -0.854. The van der Waals surface area contributed by atoms with Crippen LogP contribution >= 0.6 is 0 Å². The molecule has 0 radical (unpaired) electrons. The van der Waals surface area contributed by atoms with Gasteiger partial charge in [0.25, 0.3) is 23.6 Å². The second-order valence-electron chi connectivity index (χ2n) is 9.55. The number of nitrogens with one attached hydrogen (secondary N) is 1. The lowest BCUT2D eigenvalue weighted by molar-refractivity contribution is -0.198. The smallest absolute Gasteiger partial charge is 0.335 e. The molecule has 0 bridgehead atoms. The SMILES string of the molecule is [N-]=[N+]=NCCOCCOCCOCCC(=O)NC(COCCC(=O)ON1C(=O)CCC1=O)COCCC(=O)ON1C(=O)CCC1=O. The van der Waals surface area contributed by atoms with Crippen molar-refractivity contribution in [1.29, 1.82) is 0 Å². The van der Waals surface area contributed by atoms with Gasteiger partial charge in [0.15, 0.2) is 0 Å². The molecule has 0 unspecified atom stereocenters. The minimum absolute atomic E-state index is 0.00649. The zero-order valence-corrected chi connectivity index (χ0v) is 25.3. The highest BCUT2D eigenvalue weighted by molar-refractivity contribution is 6.02. The maximum Gasteiger partial charge on any atom is 0.335 e. The van der Waals surface area contributed by atoms with E-state index in [1.165, 1.54) is 0 Å². The summed E-state index contributed by atoms with van der Waals surface area (Å²) >= 11 is 0. The zero-order valence-electron chi connectivity index (χ0n) is 25.3. The number of rotatable bonds is 25. The van der Waals surface area contributed by atoms with Crippen LogP contribution in [0.5, 0.6) is 0 Å². The molecule has 2 rings (SSSR count). The largest absolute Gasteiger partial charge is 0.379 e. The van der Waals surface area contributed by atoms with Gasteiger partial charge >= 0.3 is 11.9 Å². The van der Waals surface area contributed by atoms with E-state index >= 15 is 0 Å². The van der Waals surface area contributed by atoms with Gasteiger partial charge in [0.1, 0.15) is 0 Å². The summed E-state index contributed by atoms with van der Waals surface area (Å²) in [7, 11) is 0. The van der Waals surface area contributed by atoms with Crippen molar-refractivity contribution in [3.63, 3.8) is 0 Å². The molecule has 0 aromatic rings. The van der Waals surface area contributed by atoms with Crippen molar-refractivity contribution in [2.45, 2.75) is 51.0 Å². The number of carbonyl (C=O) groups is 7. The number of carbonyl (C=O) groups excluding carboxylic acids is 7. The first-order valence-corrected chi connectivity index (χ1v) is 14.5. The number of ether oxygens (including phenoxy) is 5. The number of imide groups is 2. The molecule has 20 nitrogen and oxygen atoms in total. The van der Waals surface area contributed by atoms with Crippen LogP contribution in [0.4, 0.5) is 0 Å². The van der Waals surface area contributed by atoms with Crippen molar-refractivity contribution in [2.24, 2.45) is 5.11 Å². The molecule has 0 aliphatic carbocycles. The number of hydrogen-bond acceptors (Lipinski definition) is 15. The molecule has 0 saturated carbocycles. The van der Waals surface area contributed by atoms with Crippen LogP contribution in [0.2, 0.25) is 0 Å². The van der Waals surface area contributed by atoms with Gasteiger partial charge < -0.3 is 38.7 Å². The molecule has 256 valence electrons. The van der Waals surface area contributed by atoms with Gasteiger partial charge in [-0.25, -0.2) is 9.59 Å². The minimum Gasteiger partial charge on any atom is -0.379 e. The maximum absolute atomic E-state index is 12.5. The van der Waals surface area contributed by atoms with E-state index in [4.69, 9.17) is 38.9 Å². The summed E-state index contributed by atoms with van der Waals surface area (Å²) in [5.74, 6) is -4.54. The van der Waals surface area contributed by atoms with E-state index in [2.05, 4.69) is 15.3 Å². The summed E-state index contributed by atoms with van der Waals surface area (Å²) in [6, 6.07) is -0.717. The number of hydrogen-bond donors (Lipinski definition) is 1. The number of amides is 5. The molecule has 0 spiro atoms. The van der Waals surface area contributed by atoms with Gasteiger partial charge in [-0.15, -0.1) is 10.1 Å². The molecule has 2 aliphatic rings. The van der Waals surface area contributed by atoms with Crippen LogP contribution in [-0.4, -0.2) is 130 Å². The van der Waals surface area contributed by atoms with E-state index in [1.807, 2.05) is 0 Å². The Balaban J connectivity index is 1.67. The molecular weight excluding hydrogens is 620 g/mol. The van der Waals surface area contributed by atoms with Crippen LogP contribution in [-0.2, 0) is 66.9 Å². The molecule has 46 heavy (non-hydrogen) atoms. The van der Waals surface area contributed by atoms with Gasteiger partial charge in [-0.1, -0.05) is 5.11 Å². The summed E-state index contributed by atoms with van der Waals surface area (Å²) < 4.78 is 26.8. The third-order valence-corrected chi connectivity index (χ3v) is 5.92. The quantitative estimate of drug-likeness (QED) is 0.0417. The van der Waals surface area contributed by atoms with Crippen LogP contribution in [0.1, 0.15) is 44.9 Å². The van der Waals surface area contributed by atoms with Crippen molar-refractivity contribution in [2.75, 3.05) is 72.6 Å². The molecule has 0 aromatic carbocycles. The Hall–Kier alpha value is -4.20. The highest BCUT2D eigenvalue weighted by Gasteiger charge is 2.33. The van der Waals surface area contributed by atoms with Gasteiger partial charge in [0.05, 0.1) is 85.0 Å². The summed E-state index contributed by atoms with van der Waals surface area (Å²) in [5.41, 5.74) is 8.17. The van der Waals surface area contributed by atoms with Gasteiger partial charge in [-0.2, -0.15) is 0 Å². The summed E-state index contributed by atoms with van der Waals surface area (Å²) in [5, 5.41) is 6.89. The molecule has 5 amide bonds. The molecule has 0 aromatic heterocycles. The summed E-state index contributed by atoms with van der Waals surface area (Å²) in [6.45, 7) is 1.23. The van der Waals surface area contributed by atoms with Crippen LogP contribution in [0.15, 0.2) is 5.11 Å². The monoisotopic (exact) mass is 658 g/mol. The number of hydroxylamine groups is 4. The Kier molecular flexibility index (Phi) is 18.4. The molecule has 1 N–H and O–H groups in total. The first kappa shape index (κ1) is 38.0. The Morgan fingerprint density at radius 1 is 0.652 bits per heavy atom. The first-order valence-electron chi connectivity index (χ1n) is 14.5. The summed E-state index contributed by atoms with van der Waals surface area (Å²) in [4.78, 5) is 94.9. The average Bonchev–Trinajstić information content (AvgIpc) is 3.51. The van der Waals surface area contributed by atoms with Gasteiger partial charge in [-0.05, 0) is 5.53 Å². The molecule has 2 heterocycles. The predicted octanol–water partition coefficient (Wildman–Crippen LogP) is -0.751. The highest BCUT2D eigenvalue weighted by Crippen LogP contribution is 2.13. The Morgan fingerprint density at radius 3 is 1.52 bits per heavy atom. The van der Waals surface area contributed by atoms with Crippen molar-refractivity contribution in [3.8, 4) is 0 Å². The Bertz CT molecular complexity index is 1020. The van der Waals surface area contributed by atoms with Crippen molar-refractivity contribution in [1.82, 2.24) is 15.4 Å². The third kappa shape index (κ3) is 15.7. The van der Waals surface area contributed by atoms with E-state index in [-0.39, 0.29) is 97.7 Å². The Morgan fingerprint density at radius 2 is 1.07 bits per heavy atom. The first-order chi connectivity index (χ1) is 22.2. The van der Waals surface area contributed by atoms with Crippen LogP contribution in [0.3, 0.4) is 0 Å². The van der Waals surface area contributed by atoms with Crippen LogP contribution < -0.4 is 5.32 Å². The molecule has 2 aliphatic heterocycles. The van der Waals surface area contributed by atoms with Gasteiger partial charge in [0, 0.05) is 43.6 Å². The normalized spacial score (nSPS) is 14.6. The predicted molar refractivity (Wildman–Crippen MR) is 148 cm³/mol. The van der Waals surface area contributed by atoms with E-state index in [0.29, 0.717) is 29.9 Å². The second-order valence-corrected chi connectivity index (χ2v) is 9.55. The molecule has 2 saturated heterocycles. The van der Waals surface area contributed by atoms with E-state index < -0.39 is 47.5 Å². The van der Waals surface area contributed by atoms with Crippen LogP contribution in [0.25, 0.3) is 10.4 Å². The standard InChI is InChI=1S/C26H38N6O14/c27-30-28-8-12-41-14-16-42-15-13-40-9-5-20(33)29-19(17-43-10-6-25(38)45-31-21(34)1-2-22(31)35)18-44-11-7-26(39)46-32-23(36)3-4-24(32)37/h19H,1-18H2,(H,29,33). The number of azide groups is 1. The Labute approximate surface area is 263 Å². The van der Waals surface area contributed by atoms with Crippen LogP contribution in [0, 0.1) is 0 Å². The zero-order chi connectivity index (χ0) is 33.6. The average molecular weight is 659 g/mol. The van der Waals surface area contributed by atoms with E-state index in [1.54, 1.807) is 0 Å². The highest BCUT2D eigenvalue weighted by atomic mass is 16.7. The molecule has 2 fully saturated rings. The lowest BCUT2D eigenvalue weighted by Crippen LogP contribution is -2.42. The fraction of sp³-hybridized carbons (Fsp3) is 0.731. The molecule has 0 atom stereocenters. The fourth-order valence-corrected chi connectivity index (χ4v) is 3.66. The van der Waals surface area contributed by atoms with Gasteiger partial charge in [-0.3, -0.25) is 24.0 Å². The maximum atomic E-state index is 12.5. The van der Waals surface area contributed by atoms with Crippen molar-refractivity contribution in [3.05, 3.63) is 10.4 Å². The number of nitrogens with zero attached hydrogens (tertiary/aromatic N) is 5. The molecular formula is C26H38N6O14. The van der Waals surface area contributed by atoms with E-state index in [9.17, 15) is 33.6 Å². The molecule has 20 heteroatoms. The van der Waals surface area contributed by atoms with Crippen molar-refractivity contribution < 1.29 is 66.9 Å². The second kappa shape index (κ2) is 22.3.